The molecular weight excluding hydrogens is 1130 g/mol. The topological polar surface area (TPSA) is 111 Å². The summed E-state index contributed by atoms with van der Waals surface area (Å²) in [6.07, 6.45) is 93.4. The number of quaternary nitrogens is 1. The lowest BCUT2D eigenvalue weighted by Gasteiger charge is -2.26. The summed E-state index contributed by atoms with van der Waals surface area (Å²) in [5, 5.41) is 11.9. The number of hydrogen-bond donors (Lipinski definition) is 0. The highest BCUT2D eigenvalue weighted by Gasteiger charge is 2.22. The minimum atomic E-state index is -1.62. The molecule has 91 heavy (non-hydrogen) atoms. The van der Waals surface area contributed by atoms with Crippen LogP contribution >= 0.6 is 0 Å². The Morgan fingerprint density at radius 2 is 0.626 bits per heavy atom. The molecule has 0 aromatic carbocycles. The molecule has 0 spiro atoms. The van der Waals surface area contributed by atoms with Crippen molar-refractivity contribution in [2.24, 2.45) is 0 Å². The van der Waals surface area contributed by atoms with E-state index < -0.39 is 24.3 Å². The van der Waals surface area contributed by atoms with Gasteiger partial charge in [0.25, 0.3) is 0 Å². The van der Waals surface area contributed by atoms with E-state index in [0.29, 0.717) is 17.4 Å². The van der Waals surface area contributed by atoms with E-state index in [1.807, 2.05) is 21.1 Å². The largest absolute Gasteiger partial charge is 0.545 e. The zero-order valence-electron chi connectivity index (χ0n) is 61.0. The van der Waals surface area contributed by atoms with E-state index in [4.69, 9.17) is 18.9 Å². The normalized spacial score (nSPS) is 12.9. The Balaban J connectivity index is 3.99. The van der Waals surface area contributed by atoms with Crippen molar-refractivity contribution in [2.45, 2.75) is 399 Å². The van der Waals surface area contributed by atoms with Crippen LogP contribution in [0.25, 0.3) is 0 Å². The van der Waals surface area contributed by atoms with Gasteiger partial charge >= 0.3 is 11.9 Å². The number of nitrogens with zero attached hydrogens (tertiary/aromatic N) is 1. The lowest BCUT2D eigenvalue weighted by atomic mass is 10.0. The summed E-state index contributed by atoms with van der Waals surface area (Å²) in [4.78, 5) is 37.6. The van der Waals surface area contributed by atoms with Crippen LogP contribution in [0, 0.1) is 0 Å². The minimum absolute atomic E-state index is 0.150. The number of aliphatic carboxylic acids is 1. The number of carboxylic acid groups (broad SMARTS) is 1. The summed E-state index contributed by atoms with van der Waals surface area (Å²) in [5.74, 6) is -2.25. The molecule has 0 saturated heterocycles. The third-order valence-electron chi connectivity index (χ3n) is 17.7. The number of likely N-dealkylation sites (N-methyl/N-ethyl adjacent to an activating group) is 1. The molecule has 0 fully saturated rings. The van der Waals surface area contributed by atoms with E-state index >= 15 is 0 Å². The molecule has 0 rings (SSSR count). The van der Waals surface area contributed by atoms with E-state index in [1.165, 1.54) is 295 Å². The smallest absolute Gasteiger partial charge is 0.306 e. The number of rotatable bonds is 74. The van der Waals surface area contributed by atoms with Gasteiger partial charge < -0.3 is 33.3 Å². The maximum absolute atomic E-state index is 13.0. The Kier molecular flexibility index (Phi) is 70.4. The molecule has 0 aliphatic carbocycles. The van der Waals surface area contributed by atoms with Gasteiger partial charge in [0, 0.05) is 12.8 Å². The molecule has 0 N–H and O–H groups in total. The Morgan fingerprint density at radius 1 is 0.341 bits per heavy atom. The second kappa shape index (κ2) is 72.8. The number of carbonyl (C=O) groups is 3. The highest BCUT2D eigenvalue weighted by atomic mass is 16.7. The number of unbranched alkanes of at least 4 members (excludes halogenated alkanes) is 49. The molecule has 0 heterocycles. The molecular formula is C82H151NO8. The van der Waals surface area contributed by atoms with Gasteiger partial charge in [-0.25, -0.2) is 0 Å². The van der Waals surface area contributed by atoms with Gasteiger partial charge in [0.15, 0.2) is 12.4 Å². The Morgan fingerprint density at radius 3 is 0.945 bits per heavy atom. The van der Waals surface area contributed by atoms with Crippen molar-refractivity contribution in [1.82, 2.24) is 0 Å². The summed E-state index contributed by atoms with van der Waals surface area (Å²) in [6.45, 7) is 4.71. The molecule has 532 valence electrons. The van der Waals surface area contributed by atoms with Crippen molar-refractivity contribution < 1.29 is 42.9 Å². The van der Waals surface area contributed by atoms with Crippen LogP contribution in [-0.4, -0.2) is 82.3 Å². The summed E-state index contributed by atoms with van der Waals surface area (Å²) < 4.78 is 22.9. The maximum atomic E-state index is 13.0. The summed E-state index contributed by atoms with van der Waals surface area (Å²) in [6, 6.07) is 0. The second-order valence-electron chi connectivity index (χ2n) is 28.0. The van der Waals surface area contributed by atoms with Crippen LogP contribution in [0.1, 0.15) is 386 Å². The first kappa shape index (κ1) is 88.0. The number of carbonyl (C=O) groups excluding carboxylic acids is 3. The Bertz CT molecular complexity index is 1680. The third kappa shape index (κ3) is 74.3. The van der Waals surface area contributed by atoms with Crippen LogP contribution in [0.3, 0.4) is 0 Å². The fourth-order valence-corrected chi connectivity index (χ4v) is 11.8. The third-order valence-corrected chi connectivity index (χ3v) is 17.7. The number of ether oxygens (including phenoxy) is 4. The van der Waals surface area contributed by atoms with Gasteiger partial charge in [-0.3, -0.25) is 9.59 Å². The van der Waals surface area contributed by atoms with Crippen LogP contribution < -0.4 is 5.11 Å². The van der Waals surface area contributed by atoms with Crippen LogP contribution in [0.4, 0.5) is 0 Å². The van der Waals surface area contributed by atoms with Gasteiger partial charge in [-0.2, -0.15) is 0 Å². The van der Waals surface area contributed by atoms with Crippen LogP contribution in [0.15, 0.2) is 60.8 Å². The Labute approximate surface area is 565 Å². The fraction of sp³-hybridized carbons (Fsp3) is 0.841. The van der Waals surface area contributed by atoms with Crippen LogP contribution in [0.5, 0.6) is 0 Å². The predicted molar refractivity (Wildman–Crippen MR) is 389 cm³/mol. The fourth-order valence-electron chi connectivity index (χ4n) is 11.8. The summed E-state index contributed by atoms with van der Waals surface area (Å²) in [7, 11) is 5.95. The molecule has 9 heteroatoms. The molecule has 2 unspecified atom stereocenters. The zero-order valence-corrected chi connectivity index (χ0v) is 61.0. The van der Waals surface area contributed by atoms with Gasteiger partial charge in [-0.05, 0) is 77.0 Å². The van der Waals surface area contributed by atoms with Crippen molar-refractivity contribution in [1.29, 1.82) is 0 Å². The molecule has 0 amide bonds. The lowest BCUT2D eigenvalue weighted by molar-refractivity contribution is -0.870. The molecule has 0 radical (unpaired) electrons. The van der Waals surface area contributed by atoms with Crippen LogP contribution in [-0.2, 0) is 33.3 Å². The first-order chi connectivity index (χ1) is 44.6. The highest BCUT2D eigenvalue weighted by molar-refractivity contribution is 5.70. The number of esters is 2. The van der Waals surface area contributed by atoms with Gasteiger partial charge in [-0.1, -0.05) is 357 Å². The number of hydrogen-bond acceptors (Lipinski definition) is 8. The monoisotopic (exact) mass is 1280 g/mol. The molecule has 9 nitrogen and oxygen atoms in total. The van der Waals surface area contributed by atoms with E-state index in [2.05, 4.69) is 74.6 Å². The Hall–Kier alpha value is -3.01. The SMILES string of the molecule is CC/C=C\C/C=C\C/C=C\C/C=C\CCCCCCCCCCCCCCCCCCCCCCCCC(=O)OC(COC(=O)CCCCCCCCCCCCCCCCCCCCC/C=C\CCCCCCCCCC)COC(OCC[N+](C)(C)C)C(=O)[O-]. The first-order valence-electron chi connectivity index (χ1n) is 39.4. The highest BCUT2D eigenvalue weighted by Crippen LogP contribution is 2.19. The van der Waals surface area contributed by atoms with Crippen molar-refractivity contribution >= 4 is 17.9 Å². The van der Waals surface area contributed by atoms with Gasteiger partial charge in [0.1, 0.15) is 13.2 Å². The maximum Gasteiger partial charge on any atom is 0.306 e. The van der Waals surface area contributed by atoms with Gasteiger partial charge in [0.2, 0.25) is 0 Å². The van der Waals surface area contributed by atoms with E-state index in [0.717, 1.165) is 64.2 Å². The average molecular weight is 1280 g/mol. The molecule has 0 saturated carbocycles. The summed E-state index contributed by atoms with van der Waals surface area (Å²) in [5.41, 5.74) is 0. The first-order valence-corrected chi connectivity index (χ1v) is 39.4. The molecule has 2 atom stereocenters. The van der Waals surface area contributed by atoms with Crippen molar-refractivity contribution in [3.8, 4) is 0 Å². The zero-order chi connectivity index (χ0) is 66.1. The van der Waals surface area contributed by atoms with Crippen molar-refractivity contribution in [2.75, 3.05) is 47.5 Å². The van der Waals surface area contributed by atoms with Gasteiger partial charge in [-0.15, -0.1) is 0 Å². The predicted octanol–water partition coefficient (Wildman–Crippen LogP) is 23.7. The number of allylic oxidation sites excluding steroid dienone is 10. The molecule has 0 aromatic heterocycles. The van der Waals surface area contributed by atoms with E-state index in [1.54, 1.807) is 0 Å². The quantitative estimate of drug-likeness (QED) is 0.0195. The standard InChI is InChI=1S/C82H151NO8/c1-6-8-10-12-14-16-18-20-22-24-26-28-30-32-34-36-38-39-40-41-43-45-47-49-51-53-55-57-59-61-63-65-67-69-71-73-80(85)91-78(77-90-82(81(86)87)88-75-74-83(3,4)5)76-89-79(84)72-70-68-66-64-62-60-58-56-54-52-50-48-46-44-42-37-35-33-31-29-27-25-23-21-19-17-15-13-11-9-7-2/h8,10,14,16,20,22,25-28,78,82H,6-7,9,11-13,15,17-19,21,23-24,29-77H2,1-5H3/b10-8-,16-14-,22-20-,27-25-,28-26-. The van der Waals surface area contributed by atoms with Crippen molar-refractivity contribution in [3.63, 3.8) is 0 Å². The molecule has 0 bridgehead atoms. The van der Waals surface area contributed by atoms with E-state index in [9.17, 15) is 19.5 Å². The molecule has 0 aromatic rings. The van der Waals surface area contributed by atoms with Gasteiger partial charge in [0.05, 0.1) is 40.3 Å². The average Bonchev–Trinajstić information content (AvgIpc) is 3.46. The number of carboxylic acids is 1. The summed E-state index contributed by atoms with van der Waals surface area (Å²) >= 11 is 0. The molecule has 0 aliphatic rings. The second-order valence-corrected chi connectivity index (χ2v) is 28.0. The van der Waals surface area contributed by atoms with E-state index in [-0.39, 0.29) is 32.2 Å². The van der Waals surface area contributed by atoms with Crippen molar-refractivity contribution in [3.05, 3.63) is 60.8 Å². The van der Waals surface area contributed by atoms with Crippen LogP contribution in [0.2, 0.25) is 0 Å². The minimum Gasteiger partial charge on any atom is -0.545 e. The molecule has 0 aliphatic heterocycles. The lowest BCUT2D eigenvalue weighted by Crippen LogP contribution is -2.44.